The highest BCUT2D eigenvalue weighted by Gasteiger charge is 2.28. The van der Waals surface area contributed by atoms with E-state index in [1.54, 1.807) is 53.9 Å². The average molecular weight is 416 g/mol. The van der Waals surface area contributed by atoms with Gasteiger partial charge in [-0.1, -0.05) is 18.2 Å². The van der Waals surface area contributed by atoms with E-state index in [1.807, 2.05) is 13.0 Å². The van der Waals surface area contributed by atoms with Gasteiger partial charge >= 0.3 is 0 Å². The minimum Gasteiger partial charge on any atom is -0.321 e. The molecule has 0 aliphatic carbocycles. The van der Waals surface area contributed by atoms with Crippen LogP contribution in [0.5, 0.6) is 0 Å². The quantitative estimate of drug-likeness (QED) is 0.828. The van der Waals surface area contributed by atoms with E-state index in [-0.39, 0.29) is 10.8 Å². The van der Waals surface area contributed by atoms with Gasteiger partial charge in [0.1, 0.15) is 6.04 Å². The van der Waals surface area contributed by atoms with Crippen molar-refractivity contribution in [2.45, 2.75) is 24.8 Å². The number of thioether (sulfide) groups is 1. The Morgan fingerprint density at radius 2 is 2.04 bits per heavy atom. The lowest BCUT2D eigenvalue weighted by Gasteiger charge is -2.31. The van der Waals surface area contributed by atoms with Crippen molar-refractivity contribution >= 4 is 33.4 Å². The van der Waals surface area contributed by atoms with Gasteiger partial charge in [-0.05, 0) is 49.2 Å². The Hall–Kier alpha value is -2.50. The fourth-order valence-electron chi connectivity index (χ4n) is 3.04. The molecule has 1 aliphatic rings. The van der Waals surface area contributed by atoms with Crippen LogP contribution in [-0.2, 0) is 10.0 Å². The number of carbonyl (C=O) groups is 1. The van der Waals surface area contributed by atoms with Crippen molar-refractivity contribution in [1.29, 1.82) is 5.26 Å². The zero-order valence-corrected chi connectivity index (χ0v) is 17.3. The summed E-state index contributed by atoms with van der Waals surface area (Å²) in [6, 6.07) is 13.3. The summed E-state index contributed by atoms with van der Waals surface area (Å²) in [6.07, 6.45) is 0. The molecule has 146 valence electrons. The predicted octanol–water partition coefficient (Wildman–Crippen LogP) is 3.19. The van der Waals surface area contributed by atoms with Crippen LogP contribution in [0, 0.1) is 25.2 Å². The van der Waals surface area contributed by atoms with Crippen LogP contribution in [0.15, 0.2) is 47.4 Å². The zero-order valence-electron chi connectivity index (χ0n) is 15.7. The summed E-state index contributed by atoms with van der Waals surface area (Å²) in [4.78, 5) is 14.6. The van der Waals surface area contributed by atoms with E-state index in [4.69, 9.17) is 0 Å². The third-order valence-corrected chi connectivity index (χ3v) is 7.08. The van der Waals surface area contributed by atoms with E-state index in [0.717, 1.165) is 11.3 Å². The number of anilines is 1. The second-order valence-electron chi connectivity index (χ2n) is 6.67. The molecular formula is C20H21N3O3S2. The van der Waals surface area contributed by atoms with E-state index < -0.39 is 16.1 Å². The summed E-state index contributed by atoms with van der Waals surface area (Å²) in [5.41, 5.74) is 2.16. The van der Waals surface area contributed by atoms with Gasteiger partial charge in [-0.2, -0.15) is 17.0 Å². The van der Waals surface area contributed by atoms with Crippen molar-refractivity contribution in [2.75, 3.05) is 22.8 Å². The lowest BCUT2D eigenvalue weighted by atomic mass is 10.1. The molecule has 28 heavy (non-hydrogen) atoms. The Morgan fingerprint density at radius 3 is 2.79 bits per heavy atom. The van der Waals surface area contributed by atoms with Crippen LogP contribution in [0.25, 0.3) is 0 Å². The molecule has 1 saturated heterocycles. The molecule has 1 heterocycles. The van der Waals surface area contributed by atoms with Crippen LogP contribution in [0.4, 0.5) is 5.69 Å². The lowest BCUT2D eigenvalue weighted by Crippen LogP contribution is -2.45. The van der Waals surface area contributed by atoms with Crippen LogP contribution < -0.4 is 4.72 Å². The number of hydrogen-bond donors (Lipinski definition) is 1. The van der Waals surface area contributed by atoms with Crippen molar-refractivity contribution in [2.24, 2.45) is 0 Å². The smallest absolute Gasteiger partial charge is 0.262 e. The first-order valence-electron chi connectivity index (χ1n) is 8.80. The molecule has 1 N–H and O–H groups in total. The standard InChI is InChI=1S/C20H21N3O3S2/c1-14-6-7-15(2)19(10-14)28(25,26)22-17-5-3-4-16(11-17)20(24)23-8-9-27-13-18(23)12-21/h3-7,10-11,18,22H,8-9,13H2,1-2H3. The first-order chi connectivity index (χ1) is 13.3. The van der Waals surface area contributed by atoms with Gasteiger partial charge in [0.15, 0.2) is 0 Å². The first kappa shape index (κ1) is 20.2. The minimum absolute atomic E-state index is 0.210. The molecule has 1 fully saturated rings. The Labute approximate surface area is 169 Å². The number of sulfonamides is 1. The highest BCUT2D eigenvalue weighted by molar-refractivity contribution is 7.99. The summed E-state index contributed by atoms with van der Waals surface area (Å²) in [6.45, 7) is 4.07. The van der Waals surface area contributed by atoms with Gasteiger partial charge in [-0.25, -0.2) is 8.42 Å². The highest BCUT2D eigenvalue weighted by atomic mass is 32.2. The summed E-state index contributed by atoms with van der Waals surface area (Å²) < 4.78 is 28.2. The van der Waals surface area contributed by atoms with E-state index >= 15 is 0 Å². The number of aryl methyl sites for hydroxylation is 2. The lowest BCUT2D eigenvalue weighted by molar-refractivity contribution is 0.0737. The summed E-state index contributed by atoms with van der Waals surface area (Å²) >= 11 is 1.65. The number of nitriles is 1. The van der Waals surface area contributed by atoms with Gasteiger partial charge < -0.3 is 4.90 Å². The largest absolute Gasteiger partial charge is 0.321 e. The summed E-state index contributed by atoms with van der Waals surface area (Å²) in [5, 5.41) is 9.29. The van der Waals surface area contributed by atoms with Crippen LogP contribution in [0.3, 0.4) is 0 Å². The molecule has 3 rings (SSSR count). The third-order valence-electron chi connectivity index (χ3n) is 4.53. The van der Waals surface area contributed by atoms with Crippen molar-refractivity contribution in [3.63, 3.8) is 0 Å². The van der Waals surface area contributed by atoms with Gasteiger partial charge in [-0.3, -0.25) is 9.52 Å². The molecule has 6 nitrogen and oxygen atoms in total. The fraction of sp³-hybridized carbons (Fsp3) is 0.300. The average Bonchev–Trinajstić information content (AvgIpc) is 2.69. The number of carbonyl (C=O) groups excluding carboxylic acids is 1. The monoisotopic (exact) mass is 415 g/mol. The Bertz CT molecular complexity index is 1040. The Balaban J connectivity index is 1.86. The van der Waals surface area contributed by atoms with E-state index in [2.05, 4.69) is 10.8 Å². The number of rotatable bonds is 4. The van der Waals surface area contributed by atoms with Gasteiger partial charge in [-0.15, -0.1) is 0 Å². The summed E-state index contributed by atoms with van der Waals surface area (Å²) in [5.74, 6) is 1.10. The van der Waals surface area contributed by atoms with Crippen LogP contribution in [0.1, 0.15) is 21.5 Å². The topological polar surface area (TPSA) is 90.3 Å². The molecule has 0 spiro atoms. The Kier molecular flexibility index (Phi) is 5.96. The molecule has 1 amide bonds. The maximum atomic E-state index is 12.8. The van der Waals surface area contributed by atoms with E-state index in [1.165, 1.54) is 6.07 Å². The maximum absolute atomic E-state index is 12.8. The molecule has 0 saturated carbocycles. The van der Waals surface area contributed by atoms with Crippen LogP contribution in [-0.4, -0.2) is 43.3 Å². The fourth-order valence-corrected chi connectivity index (χ4v) is 5.39. The second kappa shape index (κ2) is 8.25. The minimum atomic E-state index is -3.78. The maximum Gasteiger partial charge on any atom is 0.262 e. The van der Waals surface area contributed by atoms with E-state index in [9.17, 15) is 18.5 Å². The molecule has 0 aromatic heterocycles. The molecule has 8 heteroatoms. The van der Waals surface area contributed by atoms with Crippen molar-refractivity contribution in [3.05, 3.63) is 59.2 Å². The van der Waals surface area contributed by atoms with Gasteiger partial charge in [0.2, 0.25) is 0 Å². The number of benzene rings is 2. The van der Waals surface area contributed by atoms with Crippen molar-refractivity contribution in [1.82, 2.24) is 4.90 Å². The van der Waals surface area contributed by atoms with Crippen molar-refractivity contribution < 1.29 is 13.2 Å². The normalized spacial score (nSPS) is 17.0. The number of hydrogen-bond acceptors (Lipinski definition) is 5. The Morgan fingerprint density at radius 1 is 1.25 bits per heavy atom. The molecule has 2 aromatic carbocycles. The van der Waals surface area contributed by atoms with Gasteiger partial charge in [0, 0.05) is 29.3 Å². The highest BCUT2D eigenvalue weighted by Crippen LogP contribution is 2.23. The molecule has 0 radical (unpaired) electrons. The van der Waals surface area contributed by atoms with E-state index in [0.29, 0.717) is 29.1 Å². The van der Waals surface area contributed by atoms with Gasteiger partial charge in [0.25, 0.3) is 15.9 Å². The number of nitrogens with one attached hydrogen (secondary N) is 1. The van der Waals surface area contributed by atoms with Crippen LogP contribution >= 0.6 is 11.8 Å². The number of amides is 1. The third kappa shape index (κ3) is 4.32. The molecule has 1 aliphatic heterocycles. The predicted molar refractivity (Wildman–Crippen MR) is 111 cm³/mol. The molecule has 0 bridgehead atoms. The summed E-state index contributed by atoms with van der Waals surface area (Å²) in [7, 11) is -3.78. The molecule has 1 unspecified atom stereocenters. The second-order valence-corrected chi connectivity index (χ2v) is 9.47. The molecule has 2 aromatic rings. The van der Waals surface area contributed by atoms with Crippen molar-refractivity contribution in [3.8, 4) is 6.07 Å². The van der Waals surface area contributed by atoms with Gasteiger partial charge in [0.05, 0.1) is 11.0 Å². The zero-order chi connectivity index (χ0) is 20.3. The number of nitrogens with zero attached hydrogens (tertiary/aromatic N) is 2. The molecule has 1 atom stereocenters. The van der Waals surface area contributed by atoms with Crippen LogP contribution in [0.2, 0.25) is 0 Å². The molecular weight excluding hydrogens is 394 g/mol. The first-order valence-corrected chi connectivity index (χ1v) is 11.4. The SMILES string of the molecule is Cc1ccc(C)c(S(=O)(=O)Nc2cccc(C(=O)N3CCSCC3C#N)c2)c1.